The van der Waals surface area contributed by atoms with E-state index in [9.17, 15) is 4.79 Å². The molecule has 3 rings (SSSR count). The van der Waals surface area contributed by atoms with Crippen LogP contribution in [0.25, 0.3) is 10.9 Å². The Bertz CT molecular complexity index is 689. The molecule has 0 spiro atoms. The molecule has 2 heterocycles. The summed E-state index contributed by atoms with van der Waals surface area (Å²) in [4.78, 5) is 15.3. The lowest BCUT2D eigenvalue weighted by Crippen LogP contribution is -2.03. The molecule has 0 aliphatic rings. The molecular formula is C14H11N3O. The van der Waals surface area contributed by atoms with Crippen LogP contribution in [0.3, 0.4) is 0 Å². The lowest BCUT2D eigenvalue weighted by Gasteiger charge is -2.02. The predicted molar refractivity (Wildman–Crippen MR) is 68.5 cm³/mol. The third-order valence-electron chi connectivity index (χ3n) is 2.84. The van der Waals surface area contributed by atoms with Gasteiger partial charge in [-0.1, -0.05) is 24.3 Å². The smallest absolute Gasteiger partial charge is 0.170 e. The van der Waals surface area contributed by atoms with Crippen molar-refractivity contribution in [1.29, 1.82) is 0 Å². The molecule has 0 atom stereocenters. The van der Waals surface area contributed by atoms with E-state index in [2.05, 4.69) is 10.1 Å². The average Bonchev–Trinajstić information content (AvgIpc) is 2.78. The van der Waals surface area contributed by atoms with Gasteiger partial charge in [0.05, 0.1) is 17.8 Å². The van der Waals surface area contributed by atoms with Crippen molar-refractivity contribution in [2.45, 2.75) is 6.54 Å². The van der Waals surface area contributed by atoms with Crippen molar-refractivity contribution in [3.63, 3.8) is 0 Å². The summed E-state index contributed by atoms with van der Waals surface area (Å²) in [6, 6.07) is 13.5. The van der Waals surface area contributed by atoms with Crippen LogP contribution in [0.5, 0.6) is 0 Å². The van der Waals surface area contributed by atoms with E-state index in [1.807, 2.05) is 42.5 Å². The Labute approximate surface area is 104 Å². The maximum atomic E-state index is 11.0. The van der Waals surface area contributed by atoms with Gasteiger partial charge in [0.25, 0.3) is 0 Å². The van der Waals surface area contributed by atoms with E-state index in [4.69, 9.17) is 0 Å². The Hall–Kier alpha value is -2.49. The first-order valence-corrected chi connectivity index (χ1v) is 5.69. The normalized spacial score (nSPS) is 10.7. The van der Waals surface area contributed by atoms with Gasteiger partial charge in [0.15, 0.2) is 6.29 Å². The summed E-state index contributed by atoms with van der Waals surface area (Å²) in [6.07, 6.45) is 2.54. The van der Waals surface area contributed by atoms with Gasteiger partial charge in [-0.3, -0.25) is 14.5 Å². The number of aromatic nitrogens is 3. The van der Waals surface area contributed by atoms with Crippen molar-refractivity contribution >= 4 is 17.2 Å². The SMILES string of the molecule is O=Cc1nn(Cc2ccccn2)c2ccccc12. The Kier molecular flexibility index (Phi) is 2.61. The van der Waals surface area contributed by atoms with E-state index in [-0.39, 0.29) is 0 Å². The molecule has 0 N–H and O–H groups in total. The molecule has 0 aliphatic heterocycles. The summed E-state index contributed by atoms with van der Waals surface area (Å²) in [7, 11) is 0. The number of carbonyl (C=O) groups is 1. The lowest BCUT2D eigenvalue weighted by atomic mass is 10.2. The second-order valence-corrected chi connectivity index (χ2v) is 4.00. The van der Waals surface area contributed by atoms with Crippen LogP contribution >= 0.6 is 0 Å². The van der Waals surface area contributed by atoms with E-state index in [1.54, 1.807) is 10.9 Å². The molecule has 2 aromatic heterocycles. The highest BCUT2D eigenvalue weighted by atomic mass is 16.1. The Morgan fingerprint density at radius 1 is 1.11 bits per heavy atom. The highest BCUT2D eigenvalue weighted by Crippen LogP contribution is 2.17. The fourth-order valence-corrected chi connectivity index (χ4v) is 2.01. The fraction of sp³-hybridized carbons (Fsp3) is 0.0714. The second-order valence-electron chi connectivity index (χ2n) is 4.00. The molecule has 18 heavy (non-hydrogen) atoms. The van der Waals surface area contributed by atoms with Crippen molar-refractivity contribution in [1.82, 2.24) is 14.8 Å². The number of hydrogen-bond donors (Lipinski definition) is 0. The first-order valence-electron chi connectivity index (χ1n) is 5.69. The minimum atomic E-state index is 0.474. The van der Waals surface area contributed by atoms with Crippen LogP contribution in [0, 0.1) is 0 Å². The highest BCUT2D eigenvalue weighted by Gasteiger charge is 2.09. The van der Waals surface area contributed by atoms with Crippen molar-refractivity contribution in [3.05, 3.63) is 60.0 Å². The zero-order valence-electron chi connectivity index (χ0n) is 9.65. The monoisotopic (exact) mass is 237 g/mol. The van der Waals surface area contributed by atoms with Gasteiger partial charge < -0.3 is 0 Å². The van der Waals surface area contributed by atoms with E-state index in [0.717, 1.165) is 22.9 Å². The van der Waals surface area contributed by atoms with E-state index < -0.39 is 0 Å². The minimum Gasteiger partial charge on any atom is -0.296 e. The van der Waals surface area contributed by atoms with Gasteiger partial charge in [-0.05, 0) is 18.2 Å². The largest absolute Gasteiger partial charge is 0.296 e. The maximum absolute atomic E-state index is 11.0. The van der Waals surface area contributed by atoms with Gasteiger partial charge >= 0.3 is 0 Å². The van der Waals surface area contributed by atoms with E-state index >= 15 is 0 Å². The molecule has 0 radical (unpaired) electrons. The highest BCUT2D eigenvalue weighted by molar-refractivity contribution is 5.95. The van der Waals surface area contributed by atoms with Gasteiger partial charge in [-0.25, -0.2) is 0 Å². The maximum Gasteiger partial charge on any atom is 0.170 e. The minimum absolute atomic E-state index is 0.474. The zero-order valence-corrected chi connectivity index (χ0v) is 9.65. The van der Waals surface area contributed by atoms with Crippen molar-refractivity contribution in [3.8, 4) is 0 Å². The van der Waals surface area contributed by atoms with Gasteiger partial charge in [0.1, 0.15) is 5.69 Å². The zero-order chi connectivity index (χ0) is 12.4. The van der Waals surface area contributed by atoms with Crippen LogP contribution in [-0.2, 0) is 6.54 Å². The van der Waals surface area contributed by atoms with Gasteiger partial charge in [-0.15, -0.1) is 0 Å². The third-order valence-corrected chi connectivity index (χ3v) is 2.84. The third kappa shape index (κ3) is 1.78. The Morgan fingerprint density at radius 2 is 1.94 bits per heavy atom. The summed E-state index contributed by atoms with van der Waals surface area (Å²) in [5, 5.41) is 5.19. The Balaban J connectivity index is 2.10. The van der Waals surface area contributed by atoms with Crippen molar-refractivity contribution in [2.24, 2.45) is 0 Å². The summed E-state index contributed by atoms with van der Waals surface area (Å²) >= 11 is 0. The van der Waals surface area contributed by atoms with Crippen LogP contribution in [0.2, 0.25) is 0 Å². The number of fused-ring (bicyclic) bond motifs is 1. The number of pyridine rings is 1. The molecule has 0 aliphatic carbocycles. The molecule has 0 saturated heterocycles. The van der Waals surface area contributed by atoms with Gasteiger partial charge in [-0.2, -0.15) is 5.10 Å². The van der Waals surface area contributed by atoms with Gasteiger partial charge in [0.2, 0.25) is 0 Å². The molecule has 0 unspecified atom stereocenters. The van der Waals surface area contributed by atoms with Crippen molar-refractivity contribution < 1.29 is 4.79 Å². The molecule has 1 aromatic carbocycles. The molecule has 3 aromatic rings. The number of nitrogens with zero attached hydrogens (tertiary/aromatic N) is 3. The van der Waals surface area contributed by atoms with Crippen LogP contribution < -0.4 is 0 Å². The summed E-state index contributed by atoms with van der Waals surface area (Å²) in [6.45, 7) is 0.565. The second kappa shape index (κ2) is 4.41. The topological polar surface area (TPSA) is 47.8 Å². The Morgan fingerprint density at radius 3 is 2.72 bits per heavy atom. The van der Waals surface area contributed by atoms with Gasteiger partial charge in [0, 0.05) is 11.6 Å². The standard InChI is InChI=1S/C14H11N3O/c18-10-13-12-6-1-2-7-14(12)17(16-13)9-11-5-3-4-8-15-11/h1-8,10H,9H2. The molecule has 88 valence electrons. The predicted octanol–water partition coefficient (Wildman–Crippen LogP) is 2.29. The first-order chi connectivity index (χ1) is 8.88. The molecule has 4 heteroatoms. The number of para-hydroxylation sites is 1. The molecule has 0 amide bonds. The molecular weight excluding hydrogens is 226 g/mol. The lowest BCUT2D eigenvalue weighted by molar-refractivity contribution is 0.111. The van der Waals surface area contributed by atoms with Crippen LogP contribution in [-0.4, -0.2) is 21.1 Å². The van der Waals surface area contributed by atoms with Crippen molar-refractivity contribution in [2.75, 3.05) is 0 Å². The number of aldehydes is 1. The molecule has 4 nitrogen and oxygen atoms in total. The first kappa shape index (κ1) is 10.7. The average molecular weight is 237 g/mol. The quantitative estimate of drug-likeness (QED) is 0.657. The molecule has 0 fully saturated rings. The number of benzene rings is 1. The van der Waals surface area contributed by atoms with Crippen LogP contribution in [0.4, 0.5) is 0 Å². The van der Waals surface area contributed by atoms with E-state index in [1.165, 1.54) is 0 Å². The fourth-order valence-electron chi connectivity index (χ4n) is 2.01. The number of rotatable bonds is 3. The van der Waals surface area contributed by atoms with E-state index in [0.29, 0.717) is 12.2 Å². The molecule has 0 saturated carbocycles. The molecule has 0 bridgehead atoms. The summed E-state index contributed by atoms with van der Waals surface area (Å²) in [5.74, 6) is 0. The number of carbonyl (C=O) groups excluding carboxylic acids is 1. The summed E-state index contributed by atoms with van der Waals surface area (Å²) in [5.41, 5.74) is 2.34. The van der Waals surface area contributed by atoms with Crippen LogP contribution in [0.1, 0.15) is 16.2 Å². The van der Waals surface area contributed by atoms with Crippen LogP contribution in [0.15, 0.2) is 48.7 Å². The number of hydrogen-bond acceptors (Lipinski definition) is 3. The summed E-state index contributed by atoms with van der Waals surface area (Å²) < 4.78 is 1.81.